The second-order valence-corrected chi connectivity index (χ2v) is 8.70. The Bertz CT molecular complexity index is 999. The van der Waals surface area contributed by atoms with Gasteiger partial charge in [0.05, 0.1) is 11.4 Å². The van der Waals surface area contributed by atoms with Crippen molar-refractivity contribution in [3.63, 3.8) is 0 Å². The van der Waals surface area contributed by atoms with E-state index in [0.717, 1.165) is 11.1 Å². The Balaban J connectivity index is 1.72. The van der Waals surface area contributed by atoms with Crippen molar-refractivity contribution in [1.29, 1.82) is 0 Å². The average molecular weight is 429 g/mol. The standard InChI is InChI=1S/C22H21ClN2O3S/c23-20-11-13-21(14-12-20)29(27,28)24-15-22(26)25(16-18-7-3-1-4-8-18)17-19-9-5-2-6-10-19/h1-14,24H,15-17H2. The second-order valence-electron chi connectivity index (χ2n) is 6.50. The van der Waals surface area contributed by atoms with Crippen LogP contribution in [0.5, 0.6) is 0 Å². The maximum atomic E-state index is 12.9. The van der Waals surface area contributed by atoms with Gasteiger partial charge in [-0.15, -0.1) is 0 Å². The molecular weight excluding hydrogens is 408 g/mol. The highest BCUT2D eigenvalue weighted by atomic mass is 35.5. The molecule has 3 aromatic carbocycles. The number of nitrogens with one attached hydrogen (secondary N) is 1. The summed E-state index contributed by atoms with van der Waals surface area (Å²) in [6.45, 7) is 0.444. The van der Waals surface area contributed by atoms with Gasteiger partial charge in [-0.2, -0.15) is 0 Å². The number of sulfonamides is 1. The van der Waals surface area contributed by atoms with Crippen molar-refractivity contribution in [2.75, 3.05) is 6.54 Å². The summed E-state index contributed by atoms with van der Waals surface area (Å²) in [5.41, 5.74) is 1.94. The molecular formula is C22H21ClN2O3S. The number of carbonyl (C=O) groups excluding carboxylic acids is 1. The molecule has 5 nitrogen and oxygen atoms in total. The van der Waals surface area contributed by atoms with E-state index in [9.17, 15) is 13.2 Å². The highest BCUT2D eigenvalue weighted by Gasteiger charge is 2.19. The van der Waals surface area contributed by atoms with E-state index in [1.54, 1.807) is 4.90 Å². The quantitative estimate of drug-likeness (QED) is 0.592. The van der Waals surface area contributed by atoms with Crippen molar-refractivity contribution in [1.82, 2.24) is 9.62 Å². The van der Waals surface area contributed by atoms with Crippen molar-refractivity contribution in [2.24, 2.45) is 0 Å². The van der Waals surface area contributed by atoms with Crippen molar-refractivity contribution >= 4 is 27.5 Å². The maximum absolute atomic E-state index is 12.9. The first-order valence-corrected chi connectivity index (χ1v) is 10.9. The minimum absolute atomic E-state index is 0.0624. The van der Waals surface area contributed by atoms with E-state index in [1.807, 2.05) is 60.7 Å². The van der Waals surface area contributed by atoms with Crippen LogP contribution in [-0.4, -0.2) is 25.8 Å². The van der Waals surface area contributed by atoms with Crippen LogP contribution in [0, 0.1) is 0 Å². The maximum Gasteiger partial charge on any atom is 0.241 e. The van der Waals surface area contributed by atoms with Gasteiger partial charge in [0.25, 0.3) is 0 Å². The molecule has 0 atom stereocenters. The smallest absolute Gasteiger partial charge is 0.241 e. The lowest BCUT2D eigenvalue weighted by atomic mass is 10.1. The van der Waals surface area contributed by atoms with Gasteiger partial charge in [-0.1, -0.05) is 72.3 Å². The molecule has 0 bridgehead atoms. The molecule has 0 saturated carbocycles. The first kappa shape index (κ1) is 21.0. The van der Waals surface area contributed by atoms with Crippen LogP contribution in [0.1, 0.15) is 11.1 Å². The SMILES string of the molecule is O=C(CNS(=O)(=O)c1ccc(Cl)cc1)N(Cc1ccccc1)Cc1ccccc1. The number of halogens is 1. The van der Waals surface area contributed by atoms with Crippen LogP contribution in [0.4, 0.5) is 0 Å². The van der Waals surface area contributed by atoms with Crippen LogP contribution in [0.3, 0.4) is 0 Å². The van der Waals surface area contributed by atoms with Gasteiger partial charge in [-0.25, -0.2) is 13.1 Å². The molecule has 0 saturated heterocycles. The molecule has 7 heteroatoms. The van der Waals surface area contributed by atoms with Crippen molar-refractivity contribution in [3.05, 3.63) is 101 Å². The minimum atomic E-state index is -3.81. The number of hydrogen-bond acceptors (Lipinski definition) is 3. The summed E-state index contributed by atoms with van der Waals surface area (Å²) in [6, 6.07) is 25.0. The Morgan fingerprint density at radius 2 is 1.28 bits per heavy atom. The molecule has 0 unspecified atom stereocenters. The fourth-order valence-electron chi connectivity index (χ4n) is 2.81. The third kappa shape index (κ3) is 6.15. The average Bonchev–Trinajstić information content (AvgIpc) is 2.73. The van der Waals surface area contributed by atoms with Gasteiger partial charge in [0, 0.05) is 18.1 Å². The van der Waals surface area contributed by atoms with Crippen molar-refractivity contribution in [3.8, 4) is 0 Å². The Morgan fingerprint density at radius 1 is 0.793 bits per heavy atom. The van der Waals surface area contributed by atoms with Crippen molar-refractivity contribution in [2.45, 2.75) is 18.0 Å². The molecule has 0 spiro atoms. The monoisotopic (exact) mass is 428 g/mol. The molecule has 3 rings (SSSR count). The number of benzene rings is 3. The summed E-state index contributed by atoms with van der Waals surface area (Å²) in [5.74, 6) is -0.310. The Kier molecular flexibility index (Phi) is 7.04. The van der Waals surface area contributed by atoms with E-state index >= 15 is 0 Å². The minimum Gasteiger partial charge on any atom is -0.333 e. The zero-order valence-corrected chi connectivity index (χ0v) is 17.2. The first-order chi connectivity index (χ1) is 13.9. The fourth-order valence-corrected chi connectivity index (χ4v) is 3.91. The first-order valence-electron chi connectivity index (χ1n) is 9.05. The normalized spacial score (nSPS) is 11.2. The van der Waals surface area contributed by atoms with Crippen molar-refractivity contribution < 1.29 is 13.2 Å². The van der Waals surface area contributed by atoms with Gasteiger partial charge in [0.2, 0.25) is 15.9 Å². The lowest BCUT2D eigenvalue weighted by Crippen LogP contribution is -2.39. The molecule has 1 amide bonds. The molecule has 1 N–H and O–H groups in total. The summed E-state index contributed by atoms with van der Waals surface area (Å²) in [4.78, 5) is 14.6. The highest BCUT2D eigenvalue weighted by molar-refractivity contribution is 7.89. The second kappa shape index (κ2) is 9.69. The molecule has 29 heavy (non-hydrogen) atoms. The molecule has 150 valence electrons. The number of hydrogen-bond donors (Lipinski definition) is 1. The third-order valence-corrected chi connectivity index (χ3v) is 5.99. The molecule has 0 aliphatic heterocycles. The Morgan fingerprint density at radius 3 is 1.76 bits per heavy atom. The largest absolute Gasteiger partial charge is 0.333 e. The summed E-state index contributed by atoms with van der Waals surface area (Å²) >= 11 is 5.81. The predicted octanol–water partition coefficient (Wildman–Crippen LogP) is 3.85. The number of rotatable bonds is 8. The van der Waals surface area contributed by atoms with Gasteiger partial charge in [0.1, 0.15) is 0 Å². The lowest BCUT2D eigenvalue weighted by Gasteiger charge is -2.23. The Labute approximate surface area is 176 Å². The van der Waals surface area contributed by atoms with Gasteiger partial charge >= 0.3 is 0 Å². The van der Waals surface area contributed by atoms with E-state index in [-0.39, 0.29) is 17.3 Å². The molecule has 3 aromatic rings. The van der Waals surface area contributed by atoms with Crippen LogP contribution < -0.4 is 4.72 Å². The van der Waals surface area contributed by atoms with E-state index in [2.05, 4.69) is 4.72 Å². The van der Waals surface area contributed by atoms with Gasteiger partial charge < -0.3 is 4.90 Å². The molecule has 0 aliphatic rings. The number of nitrogens with zero attached hydrogens (tertiary/aromatic N) is 1. The van der Waals surface area contributed by atoms with Gasteiger partial charge in [-0.3, -0.25) is 4.79 Å². The lowest BCUT2D eigenvalue weighted by molar-refractivity contribution is -0.131. The number of carbonyl (C=O) groups is 1. The summed E-state index contributed by atoms with van der Waals surface area (Å²) < 4.78 is 27.3. The number of amides is 1. The molecule has 0 aromatic heterocycles. The Hall–Kier alpha value is -2.67. The van der Waals surface area contributed by atoms with Crippen LogP contribution in [-0.2, 0) is 27.9 Å². The van der Waals surface area contributed by atoms with Crippen LogP contribution in [0.15, 0.2) is 89.8 Å². The summed E-state index contributed by atoms with van der Waals surface area (Å²) in [7, 11) is -3.81. The fraction of sp³-hybridized carbons (Fsp3) is 0.136. The van der Waals surface area contributed by atoms with E-state index in [4.69, 9.17) is 11.6 Å². The predicted molar refractivity (Wildman–Crippen MR) is 114 cm³/mol. The van der Waals surface area contributed by atoms with Gasteiger partial charge in [-0.05, 0) is 35.4 Å². The third-order valence-electron chi connectivity index (χ3n) is 4.32. The van der Waals surface area contributed by atoms with Gasteiger partial charge in [0.15, 0.2) is 0 Å². The van der Waals surface area contributed by atoms with E-state index in [1.165, 1.54) is 24.3 Å². The zero-order chi connectivity index (χ0) is 20.7. The summed E-state index contributed by atoms with van der Waals surface area (Å²) in [6.07, 6.45) is 0. The molecule has 0 aliphatic carbocycles. The molecule has 0 radical (unpaired) electrons. The van der Waals surface area contributed by atoms with E-state index in [0.29, 0.717) is 18.1 Å². The van der Waals surface area contributed by atoms with E-state index < -0.39 is 10.0 Å². The van der Waals surface area contributed by atoms with Crippen LogP contribution >= 0.6 is 11.6 Å². The highest BCUT2D eigenvalue weighted by Crippen LogP contribution is 2.14. The molecule has 0 fully saturated rings. The zero-order valence-electron chi connectivity index (χ0n) is 15.7. The summed E-state index contributed by atoms with van der Waals surface area (Å²) in [5, 5.41) is 0.442. The van der Waals surface area contributed by atoms with Crippen LogP contribution in [0.25, 0.3) is 0 Å². The molecule has 0 heterocycles. The van der Waals surface area contributed by atoms with Crippen LogP contribution in [0.2, 0.25) is 5.02 Å². The topological polar surface area (TPSA) is 66.5 Å².